The van der Waals surface area contributed by atoms with Crippen molar-refractivity contribution in [2.24, 2.45) is 5.92 Å². The third-order valence-electron chi connectivity index (χ3n) is 5.47. The summed E-state index contributed by atoms with van der Waals surface area (Å²) in [6.45, 7) is 2.05. The lowest BCUT2D eigenvalue weighted by Gasteiger charge is -2.30. The molecular weight excluding hydrogens is 389 g/mol. The minimum absolute atomic E-state index is 0.0850. The maximum absolute atomic E-state index is 14.9. The maximum atomic E-state index is 14.9. The van der Waals surface area contributed by atoms with Crippen LogP contribution in [0.2, 0.25) is 5.15 Å². The molecule has 1 amide bonds. The largest absolute Gasteiger partial charge is 0.481 e. The van der Waals surface area contributed by atoms with Crippen molar-refractivity contribution in [2.75, 3.05) is 31.3 Å². The van der Waals surface area contributed by atoms with Crippen molar-refractivity contribution in [2.45, 2.75) is 25.9 Å². The smallest absolute Gasteiger partial charge is 0.276 e. The summed E-state index contributed by atoms with van der Waals surface area (Å²) in [5.74, 6) is 0.00993. The Hall–Kier alpha value is -2.32. The van der Waals surface area contributed by atoms with Gasteiger partial charge in [0.1, 0.15) is 16.7 Å². The van der Waals surface area contributed by atoms with Crippen LogP contribution in [0.15, 0.2) is 16.9 Å². The molecule has 2 aromatic rings. The number of carbonyl (C=O) groups is 1. The van der Waals surface area contributed by atoms with Crippen LogP contribution in [0.5, 0.6) is 5.75 Å². The van der Waals surface area contributed by atoms with Crippen LogP contribution in [0.4, 0.5) is 10.1 Å². The molecule has 0 N–H and O–H groups in total. The molecule has 7 nitrogen and oxygen atoms in total. The summed E-state index contributed by atoms with van der Waals surface area (Å²) in [5.41, 5.74) is 0.311. The predicted molar refractivity (Wildman–Crippen MR) is 100 cm³/mol. The van der Waals surface area contributed by atoms with Crippen LogP contribution in [0, 0.1) is 11.7 Å². The molecule has 3 aliphatic rings. The Morgan fingerprint density at radius 1 is 1.14 bits per heavy atom. The Kier molecular flexibility index (Phi) is 4.21. The average molecular weight is 408 g/mol. The van der Waals surface area contributed by atoms with Gasteiger partial charge in [0.15, 0.2) is 6.61 Å². The van der Waals surface area contributed by atoms with E-state index in [9.17, 15) is 14.0 Å². The fraction of sp³-hybridized carbons (Fsp3) is 0.474. The van der Waals surface area contributed by atoms with Gasteiger partial charge in [-0.3, -0.25) is 14.3 Å². The van der Waals surface area contributed by atoms with Crippen LogP contribution in [0.1, 0.15) is 12.8 Å². The van der Waals surface area contributed by atoms with Gasteiger partial charge in [-0.15, -0.1) is 0 Å². The Balaban J connectivity index is 1.65. The highest BCUT2D eigenvalue weighted by atomic mass is 35.5. The van der Waals surface area contributed by atoms with Crippen LogP contribution in [0.3, 0.4) is 0 Å². The summed E-state index contributed by atoms with van der Waals surface area (Å²) >= 11 is 6.48. The highest BCUT2D eigenvalue weighted by molar-refractivity contribution is 6.32. The third-order valence-corrected chi connectivity index (χ3v) is 5.85. The Morgan fingerprint density at radius 2 is 1.89 bits per heavy atom. The van der Waals surface area contributed by atoms with Gasteiger partial charge in [-0.05, 0) is 24.8 Å². The van der Waals surface area contributed by atoms with E-state index < -0.39 is 5.82 Å². The fourth-order valence-electron chi connectivity index (χ4n) is 3.81. The standard InChI is InChI=1S/C19H19ClFN3O4/c20-18-17(19(26)24-4-6-27-5-3-23(18)24)12-7-14-15(8-13(12)21)28-10-16(25)22(14)9-11-1-2-11/h7-8,11H,1-6,9-10H2. The number of rotatable bonds is 3. The molecular formula is C19H19ClFN3O4. The third kappa shape index (κ3) is 2.82. The van der Waals surface area contributed by atoms with E-state index in [4.69, 9.17) is 21.1 Å². The van der Waals surface area contributed by atoms with Gasteiger partial charge < -0.3 is 14.4 Å². The number of fused-ring (bicyclic) bond motifs is 2. The number of nitrogens with zero attached hydrogens (tertiary/aromatic N) is 3. The summed E-state index contributed by atoms with van der Waals surface area (Å²) in [4.78, 5) is 27.0. The first-order valence-corrected chi connectivity index (χ1v) is 9.76. The van der Waals surface area contributed by atoms with Gasteiger partial charge in [-0.1, -0.05) is 11.6 Å². The summed E-state index contributed by atoms with van der Waals surface area (Å²) in [5, 5.41) is 0.172. The normalized spacial score (nSPS) is 19.1. The van der Waals surface area contributed by atoms with Crippen LogP contribution < -0.4 is 15.2 Å². The zero-order valence-corrected chi connectivity index (χ0v) is 15.9. The molecule has 2 aliphatic heterocycles. The Morgan fingerprint density at radius 3 is 2.64 bits per heavy atom. The zero-order chi connectivity index (χ0) is 19.4. The minimum Gasteiger partial charge on any atom is -0.481 e. The topological polar surface area (TPSA) is 65.7 Å². The molecule has 1 aromatic carbocycles. The van der Waals surface area contributed by atoms with Gasteiger partial charge in [0.2, 0.25) is 0 Å². The molecule has 0 saturated heterocycles. The summed E-state index contributed by atoms with van der Waals surface area (Å²) < 4.78 is 28.9. The van der Waals surface area contributed by atoms with Crippen LogP contribution in [-0.2, 0) is 22.6 Å². The molecule has 1 saturated carbocycles. The van der Waals surface area contributed by atoms with Gasteiger partial charge >= 0.3 is 0 Å². The number of ether oxygens (including phenoxy) is 2. The van der Waals surface area contributed by atoms with E-state index in [2.05, 4.69) is 0 Å². The summed E-state index contributed by atoms with van der Waals surface area (Å²) in [6.07, 6.45) is 2.16. The van der Waals surface area contributed by atoms with Gasteiger partial charge in [-0.25, -0.2) is 9.07 Å². The first-order chi connectivity index (χ1) is 13.5. The monoisotopic (exact) mass is 407 g/mol. The molecule has 1 aromatic heterocycles. The van der Waals surface area contributed by atoms with Crippen molar-refractivity contribution in [1.82, 2.24) is 9.36 Å². The van der Waals surface area contributed by atoms with Crippen molar-refractivity contribution in [3.05, 3.63) is 33.5 Å². The highest BCUT2D eigenvalue weighted by Crippen LogP contribution is 2.41. The molecule has 3 heterocycles. The van der Waals surface area contributed by atoms with Crippen molar-refractivity contribution in [3.63, 3.8) is 0 Å². The van der Waals surface area contributed by atoms with Gasteiger partial charge in [0, 0.05) is 18.2 Å². The fourth-order valence-corrected chi connectivity index (χ4v) is 4.16. The predicted octanol–water partition coefficient (Wildman–Crippen LogP) is 2.27. The second-order valence-corrected chi connectivity index (χ2v) is 7.72. The molecule has 148 valence electrons. The molecule has 0 atom stereocenters. The number of halogens is 2. The number of carbonyl (C=O) groups excluding carboxylic acids is 1. The molecule has 1 fully saturated rings. The number of benzene rings is 1. The average Bonchev–Trinajstić information content (AvgIpc) is 3.48. The van der Waals surface area contributed by atoms with E-state index in [1.54, 1.807) is 9.58 Å². The van der Waals surface area contributed by atoms with Gasteiger partial charge in [0.05, 0.1) is 37.6 Å². The van der Waals surface area contributed by atoms with Crippen LogP contribution >= 0.6 is 11.6 Å². The molecule has 9 heteroatoms. The first-order valence-electron chi connectivity index (χ1n) is 9.38. The lowest BCUT2D eigenvalue weighted by atomic mass is 10.1. The van der Waals surface area contributed by atoms with E-state index in [0.717, 1.165) is 12.8 Å². The zero-order valence-electron chi connectivity index (χ0n) is 15.1. The van der Waals surface area contributed by atoms with E-state index >= 15 is 0 Å². The van der Waals surface area contributed by atoms with E-state index in [0.29, 0.717) is 50.2 Å². The molecule has 1 aliphatic carbocycles. The van der Waals surface area contributed by atoms with E-state index in [1.165, 1.54) is 16.8 Å². The van der Waals surface area contributed by atoms with Gasteiger partial charge in [0.25, 0.3) is 11.5 Å². The lowest BCUT2D eigenvalue weighted by molar-refractivity contribution is -0.121. The number of hydrogen-bond donors (Lipinski definition) is 0. The van der Waals surface area contributed by atoms with Crippen molar-refractivity contribution in [1.29, 1.82) is 0 Å². The second-order valence-electron chi connectivity index (χ2n) is 7.37. The van der Waals surface area contributed by atoms with Crippen molar-refractivity contribution < 1.29 is 18.7 Å². The second kappa shape index (κ2) is 6.63. The quantitative estimate of drug-likeness (QED) is 0.783. The Labute approximate surface area is 165 Å². The molecule has 5 rings (SSSR count). The van der Waals surface area contributed by atoms with Crippen molar-refractivity contribution >= 4 is 23.2 Å². The maximum Gasteiger partial charge on any atom is 0.276 e. The lowest BCUT2D eigenvalue weighted by Crippen LogP contribution is -2.40. The summed E-state index contributed by atoms with van der Waals surface area (Å²) in [7, 11) is 0. The SMILES string of the molecule is O=C1COc2cc(F)c(-c3c(Cl)n4n(c3=O)CCOCC4)cc2N1CC1CC1. The van der Waals surface area contributed by atoms with Crippen molar-refractivity contribution in [3.8, 4) is 16.9 Å². The van der Waals surface area contributed by atoms with Gasteiger partial charge in [-0.2, -0.15) is 0 Å². The summed E-state index contributed by atoms with van der Waals surface area (Å²) in [6, 6.07) is 2.76. The molecule has 28 heavy (non-hydrogen) atoms. The molecule has 0 radical (unpaired) electrons. The highest BCUT2D eigenvalue weighted by Gasteiger charge is 2.34. The number of amides is 1. The number of hydrogen-bond acceptors (Lipinski definition) is 4. The minimum atomic E-state index is -0.601. The molecule has 0 unspecified atom stereocenters. The van der Waals surface area contributed by atoms with Crippen LogP contribution in [-0.4, -0.2) is 41.6 Å². The number of anilines is 1. The Bertz CT molecular complexity index is 1030. The first kappa shape index (κ1) is 17.8. The van der Waals surface area contributed by atoms with E-state index in [1.807, 2.05) is 0 Å². The number of aromatic nitrogens is 2. The molecule has 0 bridgehead atoms. The van der Waals surface area contributed by atoms with E-state index in [-0.39, 0.29) is 34.4 Å². The van der Waals surface area contributed by atoms with Crippen LogP contribution in [0.25, 0.3) is 11.1 Å². The molecule has 0 spiro atoms.